The fourth-order valence-electron chi connectivity index (χ4n) is 2.47. The lowest BCUT2D eigenvalue weighted by atomic mass is 10.1. The van der Waals surface area contributed by atoms with Crippen molar-refractivity contribution in [2.45, 2.75) is 31.3 Å². The van der Waals surface area contributed by atoms with Gasteiger partial charge in [0, 0.05) is 11.3 Å². The van der Waals surface area contributed by atoms with Gasteiger partial charge < -0.3 is 14.8 Å². The minimum atomic E-state index is -3.81. The second-order valence-electron chi connectivity index (χ2n) is 6.18. The molecule has 0 saturated carbocycles. The third-order valence-electron chi connectivity index (χ3n) is 3.90. The van der Waals surface area contributed by atoms with Crippen LogP contribution in [-0.4, -0.2) is 33.5 Å². The molecular formula is C19H22N2O6S. The zero-order valence-corrected chi connectivity index (χ0v) is 16.6. The number of aryl methyl sites for hydroxylation is 1. The van der Waals surface area contributed by atoms with E-state index in [1.54, 1.807) is 6.07 Å². The number of nitrogens with two attached hydrogens (primary N) is 1. The first-order chi connectivity index (χ1) is 13.1. The van der Waals surface area contributed by atoms with Crippen molar-refractivity contribution in [1.29, 1.82) is 0 Å². The Bertz CT molecular complexity index is 970. The van der Waals surface area contributed by atoms with Crippen LogP contribution >= 0.6 is 0 Å². The molecular weight excluding hydrogens is 384 g/mol. The zero-order chi connectivity index (χ0) is 20.9. The van der Waals surface area contributed by atoms with E-state index >= 15 is 0 Å². The van der Waals surface area contributed by atoms with E-state index in [1.807, 2.05) is 19.1 Å². The molecule has 0 spiro atoms. The summed E-state index contributed by atoms with van der Waals surface area (Å²) >= 11 is 0. The van der Waals surface area contributed by atoms with Crippen molar-refractivity contribution in [2.24, 2.45) is 5.14 Å². The Morgan fingerprint density at radius 3 is 2.36 bits per heavy atom. The molecule has 2 rings (SSSR count). The van der Waals surface area contributed by atoms with Crippen molar-refractivity contribution >= 4 is 27.6 Å². The summed E-state index contributed by atoms with van der Waals surface area (Å²) in [6, 6.07) is 10.8. The molecule has 0 bridgehead atoms. The van der Waals surface area contributed by atoms with E-state index in [0.717, 1.165) is 5.56 Å². The third kappa shape index (κ3) is 5.80. The molecule has 150 valence electrons. The number of nitrogens with one attached hydrogen (secondary N) is 1. The number of hydrogen-bond acceptors (Lipinski definition) is 6. The smallest absolute Gasteiger partial charge is 0.311 e. The lowest BCUT2D eigenvalue weighted by Gasteiger charge is -2.15. The van der Waals surface area contributed by atoms with E-state index in [4.69, 9.17) is 14.6 Å². The highest BCUT2D eigenvalue weighted by molar-refractivity contribution is 7.89. The van der Waals surface area contributed by atoms with Crippen LogP contribution in [0.4, 0.5) is 5.69 Å². The predicted molar refractivity (Wildman–Crippen MR) is 103 cm³/mol. The van der Waals surface area contributed by atoms with Crippen molar-refractivity contribution in [3.8, 4) is 5.75 Å². The minimum Gasteiger partial charge on any atom is -0.496 e. The van der Waals surface area contributed by atoms with Gasteiger partial charge in [-0.3, -0.25) is 9.59 Å². The number of methoxy groups -OCH3 is 1. The summed E-state index contributed by atoms with van der Waals surface area (Å²) in [4.78, 5) is 24.3. The summed E-state index contributed by atoms with van der Waals surface area (Å²) in [6.07, 6.45) is -1.08. The largest absolute Gasteiger partial charge is 0.496 e. The molecule has 3 N–H and O–H groups in total. The van der Waals surface area contributed by atoms with Crippen molar-refractivity contribution in [1.82, 2.24) is 0 Å². The number of hydrogen-bond donors (Lipinski definition) is 2. The topological polar surface area (TPSA) is 125 Å². The number of primary sulfonamides is 1. The maximum atomic E-state index is 12.2. The molecule has 0 unspecified atom stereocenters. The average molecular weight is 406 g/mol. The van der Waals surface area contributed by atoms with Crippen molar-refractivity contribution < 1.29 is 27.5 Å². The zero-order valence-electron chi connectivity index (χ0n) is 15.8. The third-order valence-corrected chi connectivity index (χ3v) is 4.83. The summed E-state index contributed by atoms with van der Waals surface area (Å²) in [6.45, 7) is 3.34. The molecule has 0 aromatic heterocycles. The lowest BCUT2D eigenvalue weighted by Crippen LogP contribution is -2.30. The van der Waals surface area contributed by atoms with Gasteiger partial charge in [0.1, 0.15) is 5.75 Å². The monoisotopic (exact) mass is 406 g/mol. The van der Waals surface area contributed by atoms with E-state index in [2.05, 4.69) is 5.32 Å². The van der Waals surface area contributed by atoms with Gasteiger partial charge in [-0.25, -0.2) is 13.6 Å². The van der Waals surface area contributed by atoms with Gasteiger partial charge in [0.2, 0.25) is 10.0 Å². The van der Waals surface area contributed by atoms with Crippen LogP contribution in [0.25, 0.3) is 0 Å². The van der Waals surface area contributed by atoms with E-state index in [0.29, 0.717) is 17.0 Å². The molecule has 1 atom stereocenters. The van der Waals surface area contributed by atoms with Crippen molar-refractivity contribution in [3.63, 3.8) is 0 Å². The highest BCUT2D eigenvalue weighted by atomic mass is 32.2. The van der Waals surface area contributed by atoms with Crippen LogP contribution in [-0.2, 0) is 30.8 Å². The molecule has 1 amide bonds. The number of carbonyl (C=O) groups is 2. The molecule has 28 heavy (non-hydrogen) atoms. The number of sulfonamides is 1. The maximum Gasteiger partial charge on any atom is 0.311 e. The van der Waals surface area contributed by atoms with Crippen LogP contribution in [0.3, 0.4) is 0 Å². The molecule has 0 aliphatic heterocycles. The summed E-state index contributed by atoms with van der Waals surface area (Å²) in [5, 5.41) is 7.57. The molecule has 0 heterocycles. The van der Waals surface area contributed by atoms with Crippen LogP contribution < -0.4 is 15.2 Å². The molecule has 0 saturated heterocycles. The van der Waals surface area contributed by atoms with E-state index in [9.17, 15) is 18.0 Å². The van der Waals surface area contributed by atoms with Crippen LogP contribution in [0.5, 0.6) is 5.75 Å². The fraction of sp³-hybridized carbons (Fsp3) is 0.263. The van der Waals surface area contributed by atoms with Crippen LogP contribution in [0.15, 0.2) is 47.4 Å². The van der Waals surface area contributed by atoms with Crippen LogP contribution in [0, 0.1) is 6.92 Å². The number of anilines is 1. The SMILES string of the molecule is COc1ccc(C)cc1CC(=O)O[C@@H](C)C(=O)Nc1ccc(S(N)(=O)=O)cc1. The normalized spacial score (nSPS) is 12.1. The van der Waals surface area contributed by atoms with Gasteiger partial charge in [0.15, 0.2) is 6.10 Å². The van der Waals surface area contributed by atoms with Crippen molar-refractivity contribution in [3.05, 3.63) is 53.6 Å². The molecule has 0 aliphatic rings. The van der Waals surface area contributed by atoms with Gasteiger partial charge in [-0.15, -0.1) is 0 Å². The predicted octanol–water partition coefficient (Wildman–Crippen LogP) is 1.76. The first-order valence-corrected chi connectivity index (χ1v) is 9.91. The molecule has 2 aromatic carbocycles. The first kappa shape index (κ1) is 21.4. The highest BCUT2D eigenvalue weighted by Crippen LogP contribution is 2.21. The summed E-state index contributed by atoms with van der Waals surface area (Å²) in [5.41, 5.74) is 1.98. The number of ether oxygens (including phenoxy) is 2. The second-order valence-corrected chi connectivity index (χ2v) is 7.74. The molecule has 0 aliphatic carbocycles. The Balaban J connectivity index is 1.96. The van der Waals surface area contributed by atoms with Crippen LogP contribution in [0.2, 0.25) is 0 Å². The average Bonchev–Trinajstić information content (AvgIpc) is 2.61. The van der Waals surface area contributed by atoms with Gasteiger partial charge in [0.05, 0.1) is 18.4 Å². The van der Waals surface area contributed by atoms with Gasteiger partial charge in [-0.05, 0) is 44.2 Å². The Labute approximate surface area is 163 Å². The quantitative estimate of drug-likeness (QED) is 0.675. The first-order valence-electron chi connectivity index (χ1n) is 8.37. The van der Waals surface area contributed by atoms with Crippen LogP contribution in [0.1, 0.15) is 18.1 Å². The molecule has 9 heteroatoms. The number of rotatable bonds is 7. The summed E-state index contributed by atoms with van der Waals surface area (Å²) in [5.74, 6) is -0.557. The number of carbonyl (C=O) groups excluding carboxylic acids is 2. The van der Waals surface area contributed by atoms with Gasteiger partial charge >= 0.3 is 5.97 Å². The van der Waals surface area contributed by atoms with Gasteiger partial charge in [-0.2, -0.15) is 0 Å². The Hall–Kier alpha value is -2.91. The molecule has 8 nitrogen and oxygen atoms in total. The summed E-state index contributed by atoms with van der Waals surface area (Å²) < 4.78 is 32.9. The lowest BCUT2D eigenvalue weighted by molar-refractivity contribution is -0.152. The summed E-state index contributed by atoms with van der Waals surface area (Å²) in [7, 11) is -2.30. The van der Waals surface area contributed by atoms with E-state index in [1.165, 1.54) is 38.3 Å². The Morgan fingerprint density at radius 2 is 1.79 bits per heavy atom. The molecule has 0 radical (unpaired) electrons. The highest BCUT2D eigenvalue weighted by Gasteiger charge is 2.19. The van der Waals surface area contributed by atoms with Gasteiger partial charge in [0.25, 0.3) is 5.91 Å². The Kier molecular flexibility index (Phi) is 6.76. The maximum absolute atomic E-state index is 12.2. The van der Waals surface area contributed by atoms with E-state index < -0.39 is 28.0 Å². The number of esters is 1. The Morgan fingerprint density at radius 1 is 1.14 bits per heavy atom. The van der Waals surface area contributed by atoms with Crippen molar-refractivity contribution in [2.75, 3.05) is 12.4 Å². The fourth-order valence-corrected chi connectivity index (χ4v) is 2.98. The second kappa shape index (κ2) is 8.85. The number of benzene rings is 2. The van der Waals surface area contributed by atoms with Gasteiger partial charge in [-0.1, -0.05) is 17.7 Å². The minimum absolute atomic E-state index is 0.0362. The molecule has 2 aromatic rings. The standard InChI is InChI=1S/C19H22N2O6S/c1-12-4-9-17(26-3)14(10-12)11-18(22)27-13(2)19(23)21-15-5-7-16(8-6-15)28(20,24)25/h4-10,13H,11H2,1-3H3,(H,21,23)(H2,20,24,25)/t13-/m0/s1. The molecule has 0 fully saturated rings. The number of amides is 1. The van der Waals surface area contributed by atoms with E-state index in [-0.39, 0.29) is 11.3 Å².